The Balaban J connectivity index is 2.13. The highest BCUT2D eigenvalue weighted by Gasteiger charge is 2.27. The molecule has 0 saturated heterocycles. The second-order valence-corrected chi connectivity index (χ2v) is 4.80. The Morgan fingerprint density at radius 1 is 1.48 bits per heavy atom. The Labute approximate surface area is 119 Å². The average molecular weight is 284 g/mol. The molecule has 8 heteroatoms. The van der Waals surface area contributed by atoms with Crippen molar-refractivity contribution in [3.8, 4) is 11.8 Å². The summed E-state index contributed by atoms with van der Waals surface area (Å²) in [5, 5.41) is 27.7. The number of nitrogens with one attached hydrogen (secondary N) is 1. The first kappa shape index (κ1) is 12.9. The lowest BCUT2D eigenvalue weighted by Crippen LogP contribution is -2.06. The highest BCUT2D eigenvalue weighted by molar-refractivity contribution is 5.68. The van der Waals surface area contributed by atoms with Gasteiger partial charge in [-0.2, -0.15) is 5.26 Å². The molecule has 8 nitrogen and oxygen atoms in total. The molecule has 1 fully saturated rings. The van der Waals surface area contributed by atoms with Crippen LogP contribution in [-0.4, -0.2) is 20.7 Å². The molecule has 1 saturated carbocycles. The first-order valence-electron chi connectivity index (χ1n) is 6.40. The van der Waals surface area contributed by atoms with E-state index in [2.05, 4.69) is 10.4 Å². The number of nitrogen functional groups attached to an aromatic ring is 1. The summed E-state index contributed by atoms with van der Waals surface area (Å²) in [5.74, 6) is 0.464. The summed E-state index contributed by atoms with van der Waals surface area (Å²) in [6.07, 6.45) is 2.03. The van der Waals surface area contributed by atoms with Crippen molar-refractivity contribution < 1.29 is 4.92 Å². The van der Waals surface area contributed by atoms with Gasteiger partial charge in [0, 0.05) is 12.1 Å². The molecule has 0 amide bonds. The van der Waals surface area contributed by atoms with E-state index in [-0.39, 0.29) is 22.8 Å². The van der Waals surface area contributed by atoms with Crippen LogP contribution in [0, 0.1) is 21.4 Å². The van der Waals surface area contributed by atoms with Crippen molar-refractivity contribution in [2.24, 2.45) is 0 Å². The van der Waals surface area contributed by atoms with Crippen molar-refractivity contribution in [1.29, 1.82) is 5.26 Å². The number of nitro groups is 1. The number of para-hydroxylation sites is 2. The Kier molecular flexibility index (Phi) is 2.95. The van der Waals surface area contributed by atoms with Gasteiger partial charge in [0.05, 0.1) is 4.92 Å². The predicted molar refractivity (Wildman–Crippen MR) is 76.0 cm³/mol. The Bertz CT molecular complexity index is 757. The molecule has 0 atom stereocenters. The van der Waals surface area contributed by atoms with Crippen LogP contribution in [0.3, 0.4) is 0 Å². The number of aromatic nitrogens is 2. The molecule has 3 rings (SSSR count). The zero-order valence-electron chi connectivity index (χ0n) is 11.0. The molecule has 0 unspecified atom stereocenters. The Morgan fingerprint density at radius 3 is 2.81 bits per heavy atom. The lowest BCUT2D eigenvalue weighted by molar-refractivity contribution is -0.384. The fourth-order valence-corrected chi connectivity index (χ4v) is 2.04. The van der Waals surface area contributed by atoms with E-state index < -0.39 is 4.92 Å². The van der Waals surface area contributed by atoms with E-state index in [1.165, 1.54) is 10.7 Å². The van der Waals surface area contributed by atoms with Crippen LogP contribution in [0.5, 0.6) is 0 Å². The van der Waals surface area contributed by atoms with E-state index in [9.17, 15) is 15.4 Å². The van der Waals surface area contributed by atoms with Crippen LogP contribution in [-0.2, 0) is 0 Å². The maximum Gasteiger partial charge on any atom is 0.294 e. The van der Waals surface area contributed by atoms with Crippen molar-refractivity contribution in [2.75, 3.05) is 11.1 Å². The number of nitrogens with two attached hydrogens (primary N) is 1. The van der Waals surface area contributed by atoms with E-state index in [4.69, 9.17) is 5.73 Å². The van der Waals surface area contributed by atoms with E-state index in [0.717, 1.165) is 12.8 Å². The van der Waals surface area contributed by atoms with Crippen LogP contribution in [0.15, 0.2) is 24.3 Å². The van der Waals surface area contributed by atoms with Crippen LogP contribution < -0.4 is 11.1 Å². The zero-order chi connectivity index (χ0) is 15.0. The Morgan fingerprint density at radius 2 is 2.19 bits per heavy atom. The number of nitrogens with zero attached hydrogens (tertiary/aromatic N) is 4. The standard InChI is InChI=1S/C13H12N6O2/c14-7-9-12(15)18(17-13(9)16-8-5-6-8)10-3-1-2-4-11(10)19(20)21/h1-4,8H,5-6,15H2,(H,16,17). The number of nitriles is 1. The van der Waals surface area contributed by atoms with Crippen molar-refractivity contribution in [3.05, 3.63) is 39.9 Å². The van der Waals surface area contributed by atoms with Crippen molar-refractivity contribution in [1.82, 2.24) is 9.78 Å². The second-order valence-electron chi connectivity index (χ2n) is 4.80. The minimum atomic E-state index is -0.503. The molecule has 0 spiro atoms. The maximum absolute atomic E-state index is 11.1. The quantitative estimate of drug-likeness (QED) is 0.652. The van der Waals surface area contributed by atoms with Gasteiger partial charge in [0.1, 0.15) is 23.1 Å². The normalized spacial score (nSPS) is 13.7. The summed E-state index contributed by atoms with van der Waals surface area (Å²) in [4.78, 5) is 10.6. The van der Waals surface area contributed by atoms with Crippen LogP contribution in [0.4, 0.5) is 17.3 Å². The van der Waals surface area contributed by atoms with Crippen LogP contribution in [0.25, 0.3) is 5.69 Å². The minimum absolute atomic E-state index is 0.0925. The van der Waals surface area contributed by atoms with Gasteiger partial charge in [0.25, 0.3) is 5.69 Å². The van der Waals surface area contributed by atoms with E-state index in [1.54, 1.807) is 18.2 Å². The van der Waals surface area contributed by atoms with Gasteiger partial charge >= 0.3 is 0 Å². The number of anilines is 2. The lowest BCUT2D eigenvalue weighted by atomic mass is 10.2. The molecule has 1 aromatic carbocycles. The molecule has 106 valence electrons. The van der Waals surface area contributed by atoms with Gasteiger partial charge < -0.3 is 11.1 Å². The van der Waals surface area contributed by atoms with E-state index in [0.29, 0.717) is 11.9 Å². The van der Waals surface area contributed by atoms with Gasteiger partial charge in [-0.1, -0.05) is 12.1 Å². The van der Waals surface area contributed by atoms with E-state index >= 15 is 0 Å². The first-order valence-corrected chi connectivity index (χ1v) is 6.40. The van der Waals surface area contributed by atoms with E-state index in [1.807, 2.05) is 6.07 Å². The molecule has 0 aliphatic heterocycles. The molecule has 1 aliphatic carbocycles. The SMILES string of the molecule is N#Cc1c(NC2CC2)nn(-c2ccccc2[N+](=O)[O-])c1N. The minimum Gasteiger partial charge on any atom is -0.382 e. The second kappa shape index (κ2) is 4.79. The third-order valence-electron chi connectivity index (χ3n) is 3.26. The molecule has 1 aliphatic rings. The molecule has 3 N–H and O–H groups in total. The number of nitro benzene ring substituents is 1. The third kappa shape index (κ3) is 2.25. The molecule has 0 radical (unpaired) electrons. The van der Waals surface area contributed by atoms with Crippen LogP contribution in [0.1, 0.15) is 18.4 Å². The summed E-state index contributed by atoms with van der Waals surface area (Å²) in [7, 11) is 0. The molecule has 21 heavy (non-hydrogen) atoms. The first-order chi connectivity index (χ1) is 10.1. The van der Waals surface area contributed by atoms with Gasteiger partial charge in [-0.15, -0.1) is 5.10 Å². The van der Waals surface area contributed by atoms with Gasteiger partial charge in [-0.25, -0.2) is 4.68 Å². The maximum atomic E-state index is 11.1. The molecule has 0 bridgehead atoms. The fourth-order valence-electron chi connectivity index (χ4n) is 2.04. The number of hydrogen-bond donors (Lipinski definition) is 2. The monoisotopic (exact) mass is 284 g/mol. The summed E-state index contributed by atoms with van der Waals surface area (Å²) >= 11 is 0. The third-order valence-corrected chi connectivity index (χ3v) is 3.26. The largest absolute Gasteiger partial charge is 0.382 e. The van der Waals surface area contributed by atoms with Crippen molar-refractivity contribution in [2.45, 2.75) is 18.9 Å². The number of rotatable bonds is 4. The zero-order valence-corrected chi connectivity index (χ0v) is 11.0. The van der Waals surface area contributed by atoms with Crippen LogP contribution >= 0.6 is 0 Å². The Hall–Kier alpha value is -3.08. The number of hydrogen-bond acceptors (Lipinski definition) is 6. The topological polar surface area (TPSA) is 123 Å². The van der Waals surface area contributed by atoms with Gasteiger partial charge in [0.15, 0.2) is 5.82 Å². The highest BCUT2D eigenvalue weighted by Crippen LogP contribution is 2.32. The summed E-state index contributed by atoms with van der Waals surface area (Å²) in [5.41, 5.74) is 6.26. The number of benzene rings is 1. The molecule has 2 aromatic rings. The van der Waals surface area contributed by atoms with Gasteiger partial charge in [-0.05, 0) is 18.9 Å². The summed E-state index contributed by atoms with van der Waals surface area (Å²) in [6, 6.07) is 8.43. The molecular formula is C13H12N6O2. The van der Waals surface area contributed by atoms with Gasteiger partial charge in [0.2, 0.25) is 0 Å². The van der Waals surface area contributed by atoms with Crippen LogP contribution in [0.2, 0.25) is 0 Å². The smallest absolute Gasteiger partial charge is 0.294 e. The average Bonchev–Trinajstić information content (AvgIpc) is 3.23. The molecular weight excluding hydrogens is 272 g/mol. The molecule has 1 aromatic heterocycles. The predicted octanol–water partition coefficient (Wildman–Crippen LogP) is 1.81. The van der Waals surface area contributed by atoms with Crippen molar-refractivity contribution in [3.63, 3.8) is 0 Å². The summed E-state index contributed by atoms with van der Waals surface area (Å²) in [6.45, 7) is 0. The van der Waals surface area contributed by atoms with Gasteiger partial charge in [-0.3, -0.25) is 10.1 Å². The fraction of sp³-hybridized carbons (Fsp3) is 0.231. The van der Waals surface area contributed by atoms with Crippen molar-refractivity contribution >= 4 is 17.3 Å². The molecule has 1 heterocycles. The summed E-state index contributed by atoms with van der Waals surface area (Å²) < 4.78 is 1.24. The lowest BCUT2D eigenvalue weighted by Gasteiger charge is -2.04. The highest BCUT2D eigenvalue weighted by atomic mass is 16.6.